The van der Waals surface area contributed by atoms with E-state index in [1.54, 1.807) is 0 Å². The maximum atomic E-state index is 3.73. The van der Waals surface area contributed by atoms with Crippen molar-refractivity contribution in [2.45, 2.75) is 38.8 Å². The third-order valence-corrected chi connectivity index (χ3v) is 4.37. The van der Waals surface area contributed by atoms with E-state index < -0.39 is 0 Å². The minimum Gasteiger partial charge on any atom is -0.311 e. The summed E-state index contributed by atoms with van der Waals surface area (Å²) in [7, 11) is 2.27. The predicted molar refractivity (Wildman–Crippen MR) is 77.8 cm³/mol. The lowest BCUT2D eigenvalue weighted by atomic mass is 9.94. The van der Waals surface area contributed by atoms with Crippen LogP contribution in [0.25, 0.3) is 0 Å². The molecule has 1 fully saturated rings. The number of benzene rings is 1. The predicted octanol–water partition coefficient (Wildman–Crippen LogP) is 2.55. The van der Waals surface area contributed by atoms with Crippen LogP contribution in [-0.2, 0) is 6.42 Å². The molecule has 0 aromatic heterocycles. The molecule has 0 radical (unpaired) electrons. The van der Waals surface area contributed by atoms with Crippen molar-refractivity contribution in [3.8, 4) is 0 Å². The highest BCUT2D eigenvalue weighted by Gasteiger charge is 2.27. The maximum Gasteiger partial charge on any atom is 0.0258 e. The van der Waals surface area contributed by atoms with Crippen LogP contribution in [0.1, 0.15) is 25.8 Å². The van der Waals surface area contributed by atoms with Crippen molar-refractivity contribution in [2.24, 2.45) is 5.92 Å². The summed E-state index contributed by atoms with van der Waals surface area (Å²) >= 11 is 0. The van der Waals surface area contributed by atoms with Crippen LogP contribution in [0.3, 0.4) is 0 Å². The van der Waals surface area contributed by atoms with Crippen molar-refractivity contribution >= 4 is 0 Å². The van der Waals surface area contributed by atoms with Crippen LogP contribution in [0.5, 0.6) is 0 Å². The number of hydrogen-bond donors (Lipinski definition) is 1. The molecule has 1 saturated heterocycles. The first-order valence-corrected chi connectivity index (χ1v) is 7.18. The van der Waals surface area contributed by atoms with Gasteiger partial charge < -0.3 is 10.2 Å². The maximum absolute atomic E-state index is 3.73. The first-order chi connectivity index (χ1) is 8.70. The summed E-state index contributed by atoms with van der Waals surface area (Å²) in [4.78, 5) is 2.53. The van der Waals surface area contributed by atoms with E-state index in [9.17, 15) is 0 Å². The van der Waals surface area contributed by atoms with E-state index in [2.05, 4.69) is 61.4 Å². The summed E-state index contributed by atoms with van der Waals surface area (Å²) in [5.41, 5.74) is 1.44. The molecule has 0 aliphatic carbocycles. The van der Waals surface area contributed by atoms with Crippen molar-refractivity contribution in [3.63, 3.8) is 0 Å². The lowest BCUT2D eigenvalue weighted by molar-refractivity contribution is 0.137. The fourth-order valence-electron chi connectivity index (χ4n) is 2.75. The lowest BCUT2D eigenvalue weighted by Crippen LogP contribution is -2.57. The zero-order valence-electron chi connectivity index (χ0n) is 11.9. The van der Waals surface area contributed by atoms with Crippen LogP contribution in [-0.4, -0.2) is 37.1 Å². The summed E-state index contributed by atoms with van der Waals surface area (Å²) in [5, 5.41) is 3.73. The normalized spacial score (nSPS) is 27.1. The minimum absolute atomic E-state index is 0.632. The summed E-state index contributed by atoms with van der Waals surface area (Å²) in [6.45, 7) is 6.92. The highest BCUT2D eigenvalue weighted by atomic mass is 15.2. The minimum atomic E-state index is 0.632. The number of piperazine rings is 1. The van der Waals surface area contributed by atoms with E-state index in [-0.39, 0.29) is 0 Å². The van der Waals surface area contributed by atoms with Gasteiger partial charge in [0.15, 0.2) is 0 Å². The van der Waals surface area contributed by atoms with Crippen molar-refractivity contribution in [3.05, 3.63) is 35.9 Å². The van der Waals surface area contributed by atoms with E-state index in [0.29, 0.717) is 12.1 Å². The average Bonchev–Trinajstić information content (AvgIpc) is 2.41. The van der Waals surface area contributed by atoms with Gasteiger partial charge in [-0.3, -0.25) is 0 Å². The Bertz CT molecular complexity index is 349. The summed E-state index contributed by atoms with van der Waals surface area (Å²) in [6, 6.07) is 12.1. The molecule has 1 aliphatic rings. The zero-order chi connectivity index (χ0) is 13.0. The molecule has 1 N–H and O–H groups in total. The fourth-order valence-corrected chi connectivity index (χ4v) is 2.75. The SMILES string of the molecule is CCC(C)C1CN(C)C(Cc2ccccc2)CN1. The highest BCUT2D eigenvalue weighted by Crippen LogP contribution is 2.16. The molecule has 18 heavy (non-hydrogen) atoms. The van der Waals surface area contributed by atoms with Gasteiger partial charge in [-0.05, 0) is 24.9 Å². The first-order valence-electron chi connectivity index (χ1n) is 7.18. The number of hydrogen-bond acceptors (Lipinski definition) is 2. The summed E-state index contributed by atoms with van der Waals surface area (Å²) < 4.78 is 0. The molecule has 1 heterocycles. The molecule has 2 heteroatoms. The Morgan fingerprint density at radius 2 is 2.06 bits per heavy atom. The van der Waals surface area contributed by atoms with Gasteiger partial charge in [0.1, 0.15) is 0 Å². The molecule has 1 aromatic rings. The summed E-state index contributed by atoms with van der Waals surface area (Å²) in [5.74, 6) is 0.769. The standard InChI is InChI=1S/C16H26N2/c1-4-13(2)16-12-18(3)15(11-17-16)10-14-8-6-5-7-9-14/h5-9,13,15-17H,4,10-12H2,1-3H3. The largest absolute Gasteiger partial charge is 0.311 e. The Morgan fingerprint density at radius 3 is 2.67 bits per heavy atom. The summed E-state index contributed by atoms with van der Waals surface area (Å²) in [6.07, 6.45) is 2.41. The van der Waals surface area contributed by atoms with E-state index >= 15 is 0 Å². The van der Waals surface area contributed by atoms with Crippen LogP contribution < -0.4 is 5.32 Å². The van der Waals surface area contributed by atoms with Crippen LogP contribution in [0.2, 0.25) is 0 Å². The highest BCUT2D eigenvalue weighted by molar-refractivity contribution is 5.16. The lowest BCUT2D eigenvalue weighted by Gasteiger charge is -2.40. The van der Waals surface area contributed by atoms with Gasteiger partial charge in [-0.2, -0.15) is 0 Å². The number of nitrogens with zero attached hydrogens (tertiary/aromatic N) is 1. The molecule has 1 aliphatic heterocycles. The second-order valence-electron chi connectivity index (χ2n) is 5.68. The third-order valence-electron chi connectivity index (χ3n) is 4.37. The van der Waals surface area contributed by atoms with E-state index in [4.69, 9.17) is 0 Å². The van der Waals surface area contributed by atoms with Gasteiger partial charge in [0.2, 0.25) is 0 Å². The fraction of sp³-hybridized carbons (Fsp3) is 0.625. The molecule has 0 spiro atoms. The average molecular weight is 246 g/mol. The van der Waals surface area contributed by atoms with E-state index in [0.717, 1.165) is 18.9 Å². The second kappa shape index (κ2) is 6.35. The molecule has 2 rings (SSSR count). The molecular formula is C16H26N2. The molecular weight excluding hydrogens is 220 g/mol. The number of nitrogens with one attached hydrogen (secondary N) is 1. The Morgan fingerprint density at radius 1 is 1.33 bits per heavy atom. The molecule has 2 nitrogen and oxygen atoms in total. The topological polar surface area (TPSA) is 15.3 Å². The van der Waals surface area contributed by atoms with Gasteiger partial charge in [-0.25, -0.2) is 0 Å². The van der Waals surface area contributed by atoms with Crippen molar-refractivity contribution in [2.75, 3.05) is 20.1 Å². The van der Waals surface area contributed by atoms with Crippen LogP contribution in [0, 0.1) is 5.92 Å². The van der Waals surface area contributed by atoms with Gasteiger partial charge in [0.25, 0.3) is 0 Å². The third kappa shape index (κ3) is 3.33. The number of likely N-dealkylation sites (N-methyl/N-ethyl adjacent to an activating group) is 1. The molecule has 0 saturated carbocycles. The van der Waals surface area contributed by atoms with Crippen molar-refractivity contribution in [1.29, 1.82) is 0 Å². The van der Waals surface area contributed by atoms with Crippen LogP contribution >= 0.6 is 0 Å². The number of rotatable bonds is 4. The molecule has 0 bridgehead atoms. The zero-order valence-corrected chi connectivity index (χ0v) is 11.9. The quantitative estimate of drug-likeness (QED) is 0.878. The van der Waals surface area contributed by atoms with E-state index in [1.165, 1.54) is 18.5 Å². The van der Waals surface area contributed by atoms with Gasteiger partial charge >= 0.3 is 0 Å². The Balaban J connectivity index is 1.90. The molecule has 3 unspecified atom stereocenters. The van der Waals surface area contributed by atoms with Gasteiger partial charge in [0, 0.05) is 25.2 Å². The molecule has 0 amide bonds. The van der Waals surface area contributed by atoms with Gasteiger partial charge in [-0.15, -0.1) is 0 Å². The smallest absolute Gasteiger partial charge is 0.0258 e. The van der Waals surface area contributed by atoms with Crippen molar-refractivity contribution < 1.29 is 0 Å². The van der Waals surface area contributed by atoms with Gasteiger partial charge in [0.05, 0.1) is 0 Å². The van der Waals surface area contributed by atoms with Crippen molar-refractivity contribution in [1.82, 2.24) is 10.2 Å². The molecule has 1 aromatic carbocycles. The Labute approximate surface area is 111 Å². The molecule has 100 valence electrons. The van der Waals surface area contributed by atoms with Crippen LogP contribution in [0.4, 0.5) is 0 Å². The Hall–Kier alpha value is -0.860. The Kier molecular flexibility index (Phi) is 4.79. The monoisotopic (exact) mass is 246 g/mol. The van der Waals surface area contributed by atoms with E-state index in [1.807, 2.05) is 0 Å². The molecule has 3 atom stereocenters. The second-order valence-corrected chi connectivity index (χ2v) is 5.68. The van der Waals surface area contributed by atoms with Crippen LogP contribution in [0.15, 0.2) is 30.3 Å². The van der Waals surface area contributed by atoms with Gasteiger partial charge in [-0.1, -0.05) is 50.6 Å². The first kappa shape index (κ1) is 13.6.